The Morgan fingerprint density at radius 2 is 2.36 bits per heavy atom. The molecule has 0 aromatic rings. The molecule has 0 heterocycles. The van der Waals surface area contributed by atoms with E-state index in [0.717, 1.165) is 0 Å². The Balaban J connectivity index is 3.65. The van der Waals surface area contributed by atoms with Crippen molar-refractivity contribution in [2.45, 2.75) is 6.23 Å². The monoisotopic (exact) mass is 157 g/mol. The predicted molar refractivity (Wildman–Crippen MR) is 41.3 cm³/mol. The van der Waals surface area contributed by atoms with E-state index in [1.807, 2.05) is 0 Å². The highest BCUT2D eigenvalue weighted by Crippen LogP contribution is 1.88. The Hall–Kier alpha value is -1.29. The van der Waals surface area contributed by atoms with Gasteiger partial charge in [-0.25, -0.2) is 4.79 Å². The zero-order valence-corrected chi connectivity index (χ0v) is 6.12. The second-order valence-corrected chi connectivity index (χ2v) is 1.73. The molecular weight excluding hydrogens is 146 g/mol. The second-order valence-electron chi connectivity index (χ2n) is 1.73. The highest BCUT2D eigenvalue weighted by molar-refractivity contribution is 5.64. The van der Waals surface area contributed by atoms with Gasteiger partial charge in [0.1, 0.15) is 0 Å². The van der Waals surface area contributed by atoms with Gasteiger partial charge < -0.3 is 9.84 Å². The number of carbonyl (C=O) groups is 1. The number of ether oxygens (including phenoxy) is 1. The van der Waals surface area contributed by atoms with Crippen LogP contribution in [0, 0.1) is 0 Å². The van der Waals surface area contributed by atoms with E-state index in [2.05, 4.69) is 18.5 Å². The average molecular weight is 157 g/mol. The Morgan fingerprint density at radius 1 is 1.73 bits per heavy atom. The third-order valence-electron chi connectivity index (χ3n) is 0.873. The van der Waals surface area contributed by atoms with Crippen molar-refractivity contribution in [1.82, 2.24) is 5.32 Å². The molecule has 62 valence electrons. The van der Waals surface area contributed by atoms with Crippen molar-refractivity contribution >= 4 is 6.09 Å². The summed E-state index contributed by atoms with van der Waals surface area (Å²) in [5, 5.41) is 10.3. The molecule has 0 saturated carbocycles. The minimum atomic E-state index is -1.14. The lowest BCUT2D eigenvalue weighted by Crippen LogP contribution is -2.34. The van der Waals surface area contributed by atoms with Crippen LogP contribution in [0.25, 0.3) is 0 Å². The van der Waals surface area contributed by atoms with Crippen LogP contribution in [0.3, 0.4) is 0 Å². The summed E-state index contributed by atoms with van der Waals surface area (Å²) < 4.78 is 4.92. The number of nitrogens with one attached hydrogen (secondary N) is 1. The molecule has 0 fully saturated rings. The van der Waals surface area contributed by atoms with Crippen LogP contribution in [0.1, 0.15) is 0 Å². The number of rotatable bonds is 5. The summed E-state index contributed by atoms with van der Waals surface area (Å²) in [5.74, 6) is 0. The average Bonchev–Trinajstić information content (AvgIpc) is 1.97. The molecule has 0 spiro atoms. The number of hydrogen-bond donors (Lipinski definition) is 2. The van der Waals surface area contributed by atoms with Crippen LogP contribution in [0.4, 0.5) is 4.79 Å². The molecule has 0 aliphatic rings. The highest BCUT2D eigenvalue weighted by Gasteiger charge is 2.04. The van der Waals surface area contributed by atoms with Crippen LogP contribution in [-0.2, 0) is 4.74 Å². The van der Waals surface area contributed by atoms with E-state index in [9.17, 15) is 4.79 Å². The van der Waals surface area contributed by atoms with Crippen LogP contribution < -0.4 is 5.32 Å². The van der Waals surface area contributed by atoms with Gasteiger partial charge >= 0.3 is 6.09 Å². The lowest BCUT2D eigenvalue weighted by atomic mass is 10.5. The SMILES string of the molecule is C=CCOC(C=C)NC(=O)O. The standard InChI is InChI=1S/C7H11NO3/c1-3-5-11-6(4-2)8-7(9)10/h3-4,6,8H,1-2,5H2,(H,9,10). The van der Waals surface area contributed by atoms with Crippen LogP contribution in [0.15, 0.2) is 25.3 Å². The van der Waals surface area contributed by atoms with E-state index in [-0.39, 0.29) is 6.61 Å². The smallest absolute Gasteiger partial charge is 0.406 e. The molecule has 4 nitrogen and oxygen atoms in total. The lowest BCUT2D eigenvalue weighted by Gasteiger charge is -2.11. The fourth-order valence-electron chi connectivity index (χ4n) is 0.462. The summed E-state index contributed by atoms with van der Waals surface area (Å²) in [6.45, 7) is 7.08. The van der Waals surface area contributed by atoms with E-state index in [4.69, 9.17) is 9.84 Å². The van der Waals surface area contributed by atoms with Crippen molar-refractivity contribution in [1.29, 1.82) is 0 Å². The number of hydrogen-bond acceptors (Lipinski definition) is 2. The van der Waals surface area contributed by atoms with Gasteiger partial charge in [-0.05, 0) is 6.08 Å². The summed E-state index contributed by atoms with van der Waals surface area (Å²) in [7, 11) is 0. The fraction of sp³-hybridized carbons (Fsp3) is 0.286. The van der Waals surface area contributed by atoms with E-state index in [1.54, 1.807) is 0 Å². The Bertz CT molecular complexity index is 156. The first-order valence-corrected chi connectivity index (χ1v) is 3.05. The topological polar surface area (TPSA) is 58.6 Å². The molecule has 1 amide bonds. The Labute approximate surface area is 65.2 Å². The van der Waals surface area contributed by atoms with Gasteiger partial charge in [0, 0.05) is 0 Å². The van der Waals surface area contributed by atoms with Gasteiger partial charge in [-0.3, -0.25) is 5.32 Å². The highest BCUT2D eigenvalue weighted by atomic mass is 16.5. The molecule has 0 bridgehead atoms. The van der Waals surface area contributed by atoms with E-state index in [0.29, 0.717) is 0 Å². The molecule has 0 aliphatic carbocycles. The second kappa shape index (κ2) is 5.49. The minimum Gasteiger partial charge on any atom is -0.465 e. The first-order chi connectivity index (χ1) is 5.20. The maximum atomic E-state index is 10.1. The summed E-state index contributed by atoms with van der Waals surface area (Å²) >= 11 is 0. The third kappa shape index (κ3) is 5.17. The van der Waals surface area contributed by atoms with E-state index < -0.39 is 12.3 Å². The Morgan fingerprint density at radius 3 is 2.73 bits per heavy atom. The first kappa shape index (κ1) is 9.71. The van der Waals surface area contributed by atoms with Gasteiger partial charge in [0.15, 0.2) is 6.23 Å². The molecule has 4 heteroatoms. The van der Waals surface area contributed by atoms with Crippen LogP contribution in [0.2, 0.25) is 0 Å². The number of carboxylic acid groups (broad SMARTS) is 1. The molecule has 0 aromatic carbocycles. The van der Waals surface area contributed by atoms with Crippen molar-refractivity contribution < 1.29 is 14.6 Å². The van der Waals surface area contributed by atoms with Gasteiger partial charge in [-0.2, -0.15) is 0 Å². The maximum absolute atomic E-state index is 10.1. The summed E-state index contributed by atoms with van der Waals surface area (Å²) in [6.07, 6.45) is 1.09. The molecule has 0 aromatic heterocycles. The molecular formula is C7H11NO3. The molecule has 2 N–H and O–H groups in total. The van der Waals surface area contributed by atoms with Crippen molar-refractivity contribution in [3.05, 3.63) is 25.3 Å². The summed E-state index contributed by atoms with van der Waals surface area (Å²) in [5.41, 5.74) is 0. The summed E-state index contributed by atoms with van der Waals surface area (Å²) in [6, 6.07) is 0. The van der Waals surface area contributed by atoms with Crippen molar-refractivity contribution in [2.24, 2.45) is 0 Å². The summed E-state index contributed by atoms with van der Waals surface area (Å²) in [4.78, 5) is 10.1. The molecule has 0 rings (SSSR count). The van der Waals surface area contributed by atoms with Crippen molar-refractivity contribution in [2.75, 3.05) is 6.61 Å². The zero-order chi connectivity index (χ0) is 8.69. The van der Waals surface area contributed by atoms with E-state index >= 15 is 0 Å². The molecule has 11 heavy (non-hydrogen) atoms. The van der Waals surface area contributed by atoms with Crippen LogP contribution in [-0.4, -0.2) is 24.0 Å². The number of amides is 1. The first-order valence-electron chi connectivity index (χ1n) is 3.05. The molecule has 1 atom stereocenters. The molecule has 0 aliphatic heterocycles. The van der Waals surface area contributed by atoms with Gasteiger partial charge in [-0.1, -0.05) is 12.7 Å². The van der Waals surface area contributed by atoms with Gasteiger partial charge in [0.05, 0.1) is 6.61 Å². The maximum Gasteiger partial charge on any atom is 0.406 e. The minimum absolute atomic E-state index is 0.289. The van der Waals surface area contributed by atoms with Gasteiger partial charge in [-0.15, -0.1) is 6.58 Å². The van der Waals surface area contributed by atoms with Gasteiger partial charge in [0.25, 0.3) is 0 Å². The molecule has 1 unspecified atom stereocenters. The zero-order valence-electron chi connectivity index (χ0n) is 6.12. The predicted octanol–water partition coefficient (Wildman–Crippen LogP) is 0.969. The Kier molecular flexibility index (Phi) is 4.85. The quantitative estimate of drug-likeness (QED) is 0.461. The third-order valence-corrected chi connectivity index (χ3v) is 0.873. The molecule has 0 saturated heterocycles. The van der Waals surface area contributed by atoms with Crippen LogP contribution >= 0.6 is 0 Å². The molecule has 0 radical (unpaired) electrons. The normalized spacial score (nSPS) is 11.6. The largest absolute Gasteiger partial charge is 0.465 e. The van der Waals surface area contributed by atoms with Gasteiger partial charge in [0.2, 0.25) is 0 Å². The lowest BCUT2D eigenvalue weighted by molar-refractivity contribution is 0.0812. The fourth-order valence-corrected chi connectivity index (χ4v) is 0.462. The van der Waals surface area contributed by atoms with E-state index in [1.165, 1.54) is 12.2 Å². The van der Waals surface area contributed by atoms with Crippen molar-refractivity contribution in [3.63, 3.8) is 0 Å². The van der Waals surface area contributed by atoms with Crippen molar-refractivity contribution in [3.8, 4) is 0 Å². The van der Waals surface area contributed by atoms with Crippen LogP contribution in [0.5, 0.6) is 0 Å².